The van der Waals surface area contributed by atoms with E-state index in [1.54, 1.807) is 4.90 Å². The molecule has 3 aromatic rings. The van der Waals surface area contributed by atoms with Crippen molar-refractivity contribution < 1.29 is 9.59 Å². The highest BCUT2D eigenvalue weighted by Crippen LogP contribution is 2.45. The molecule has 5 heteroatoms. The summed E-state index contributed by atoms with van der Waals surface area (Å²) in [4.78, 5) is 30.6. The smallest absolute Gasteiger partial charge is 0.254 e. The van der Waals surface area contributed by atoms with Crippen LogP contribution >= 0.6 is 0 Å². The first kappa shape index (κ1) is 20.2. The molecule has 2 atom stereocenters. The first-order valence-corrected chi connectivity index (χ1v) is 10.6. The normalized spacial score (nSPS) is 18.5. The van der Waals surface area contributed by atoms with E-state index in [9.17, 15) is 9.59 Å². The number of carbonyl (C=O) groups excluding carboxylic acids is 2. The molecule has 0 unspecified atom stereocenters. The summed E-state index contributed by atoms with van der Waals surface area (Å²) in [6, 6.07) is 15.4. The van der Waals surface area contributed by atoms with Gasteiger partial charge < -0.3 is 14.4 Å². The van der Waals surface area contributed by atoms with Gasteiger partial charge in [-0.05, 0) is 24.1 Å². The van der Waals surface area contributed by atoms with Crippen molar-refractivity contribution in [3.63, 3.8) is 0 Å². The maximum absolute atomic E-state index is 13.7. The fraction of sp³-hybridized carbons (Fsp3) is 0.360. The molecule has 0 saturated heterocycles. The lowest BCUT2D eigenvalue weighted by Gasteiger charge is -2.40. The van der Waals surface area contributed by atoms with Gasteiger partial charge in [0.2, 0.25) is 5.91 Å². The Bertz CT molecular complexity index is 1100. The highest BCUT2D eigenvalue weighted by molar-refractivity contribution is 6.02. The fourth-order valence-electron chi connectivity index (χ4n) is 4.68. The number of unbranched alkanes of at least 4 members (excludes halogenated alkanes) is 1. The number of fused-ring (bicyclic) bond motifs is 2. The van der Waals surface area contributed by atoms with E-state index in [1.807, 2.05) is 62.4 Å². The zero-order chi connectivity index (χ0) is 21.4. The van der Waals surface area contributed by atoms with Crippen molar-refractivity contribution in [3.8, 4) is 0 Å². The number of hydrogen-bond acceptors (Lipinski definition) is 2. The molecule has 0 saturated carbocycles. The van der Waals surface area contributed by atoms with Crippen molar-refractivity contribution in [3.05, 3.63) is 71.4 Å². The predicted octanol–water partition coefficient (Wildman–Crippen LogP) is 4.35. The second-order valence-corrected chi connectivity index (χ2v) is 8.25. The third-order valence-corrected chi connectivity index (χ3v) is 6.32. The number of amides is 2. The van der Waals surface area contributed by atoms with Gasteiger partial charge in [0, 0.05) is 55.9 Å². The third-order valence-electron chi connectivity index (χ3n) is 6.32. The quantitative estimate of drug-likeness (QED) is 0.636. The molecule has 2 aromatic carbocycles. The van der Waals surface area contributed by atoms with E-state index in [1.165, 1.54) is 0 Å². The highest BCUT2D eigenvalue weighted by Gasteiger charge is 2.44. The van der Waals surface area contributed by atoms with E-state index in [-0.39, 0.29) is 17.9 Å². The molecule has 0 aliphatic carbocycles. The molecule has 30 heavy (non-hydrogen) atoms. The number of hydrogen-bond donors (Lipinski definition) is 0. The first-order chi connectivity index (χ1) is 14.5. The van der Waals surface area contributed by atoms with Gasteiger partial charge in [-0.15, -0.1) is 0 Å². The van der Waals surface area contributed by atoms with Crippen molar-refractivity contribution in [2.75, 3.05) is 20.6 Å². The molecule has 0 N–H and O–H groups in total. The molecule has 2 amide bonds. The van der Waals surface area contributed by atoms with Crippen LogP contribution in [0.15, 0.2) is 54.7 Å². The minimum atomic E-state index is -0.434. The van der Waals surface area contributed by atoms with Gasteiger partial charge in [0.15, 0.2) is 0 Å². The van der Waals surface area contributed by atoms with Crippen molar-refractivity contribution in [2.45, 2.75) is 31.7 Å². The van der Waals surface area contributed by atoms with Crippen LogP contribution in [0.25, 0.3) is 10.9 Å². The molecule has 1 aliphatic heterocycles. The van der Waals surface area contributed by atoms with Crippen molar-refractivity contribution in [1.29, 1.82) is 0 Å². The van der Waals surface area contributed by atoms with Crippen LogP contribution < -0.4 is 0 Å². The molecule has 156 valence electrons. The molecule has 0 radical (unpaired) electrons. The Kier molecular flexibility index (Phi) is 5.37. The number of likely N-dealkylation sites (N-methyl/N-ethyl adjacent to an activating group) is 2. The summed E-state index contributed by atoms with van der Waals surface area (Å²) in [5.74, 6) is -0.409. The average Bonchev–Trinajstić information content (AvgIpc) is 3.10. The van der Waals surface area contributed by atoms with Gasteiger partial charge in [-0.1, -0.05) is 49.7 Å². The Morgan fingerprint density at radius 3 is 2.50 bits per heavy atom. The van der Waals surface area contributed by atoms with Crippen LogP contribution in [0.4, 0.5) is 0 Å². The SMILES string of the molecule is CCCCN(C)C(=O)[C@H]1c2ccccc2C(=O)N(C)[C@H]1c1cn(C)c2ccccc12. The zero-order valence-corrected chi connectivity index (χ0v) is 18.1. The number of rotatable bonds is 5. The van der Waals surface area contributed by atoms with Crippen LogP contribution in [0.2, 0.25) is 0 Å². The Labute approximate surface area is 177 Å². The molecule has 2 heterocycles. The fourth-order valence-corrected chi connectivity index (χ4v) is 4.68. The molecule has 0 spiro atoms. The molecular weight excluding hydrogens is 374 g/mol. The molecule has 1 aromatic heterocycles. The summed E-state index contributed by atoms with van der Waals surface area (Å²) in [5.41, 5.74) is 3.56. The Morgan fingerprint density at radius 2 is 1.73 bits per heavy atom. The van der Waals surface area contributed by atoms with Crippen LogP contribution in [0.1, 0.15) is 53.2 Å². The number of nitrogens with zero attached hydrogens (tertiary/aromatic N) is 3. The van der Waals surface area contributed by atoms with Gasteiger partial charge >= 0.3 is 0 Å². The molecule has 4 rings (SSSR count). The average molecular weight is 404 g/mol. The van der Waals surface area contributed by atoms with E-state index >= 15 is 0 Å². The van der Waals surface area contributed by atoms with Gasteiger partial charge in [0.05, 0.1) is 12.0 Å². The maximum atomic E-state index is 13.7. The number of aromatic nitrogens is 1. The van der Waals surface area contributed by atoms with E-state index in [2.05, 4.69) is 29.8 Å². The number of aryl methyl sites for hydroxylation is 1. The maximum Gasteiger partial charge on any atom is 0.254 e. The molecule has 0 bridgehead atoms. The molecular formula is C25H29N3O2. The lowest BCUT2D eigenvalue weighted by Crippen LogP contribution is -2.46. The summed E-state index contributed by atoms with van der Waals surface area (Å²) in [5, 5.41) is 1.08. The Hall–Kier alpha value is -3.08. The molecule has 5 nitrogen and oxygen atoms in total. The lowest BCUT2D eigenvalue weighted by atomic mass is 9.79. The van der Waals surface area contributed by atoms with Gasteiger partial charge in [-0.25, -0.2) is 0 Å². The minimum Gasteiger partial charge on any atom is -0.350 e. The topological polar surface area (TPSA) is 45.6 Å². The van der Waals surface area contributed by atoms with E-state index in [0.717, 1.165) is 34.9 Å². The van der Waals surface area contributed by atoms with E-state index in [0.29, 0.717) is 12.1 Å². The predicted molar refractivity (Wildman–Crippen MR) is 119 cm³/mol. The van der Waals surface area contributed by atoms with Crippen LogP contribution in [-0.2, 0) is 11.8 Å². The molecule has 0 fully saturated rings. The molecule has 1 aliphatic rings. The van der Waals surface area contributed by atoms with E-state index < -0.39 is 5.92 Å². The summed E-state index contributed by atoms with van der Waals surface area (Å²) < 4.78 is 2.08. The highest BCUT2D eigenvalue weighted by atomic mass is 16.2. The summed E-state index contributed by atoms with van der Waals surface area (Å²) in [6.07, 6.45) is 4.06. The van der Waals surface area contributed by atoms with Gasteiger partial charge in [-0.3, -0.25) is 9.59 Å². The van der Waals surface area contributed by atoms with Crippen LogP contribution in [0.3, 0.4) is 0 Å². The van der Waals surface area contributed by atoms with Crippen molar-refractivity contribution >= 4 is 22.7 Å². The van der Waals surface area contributed by atoms with Crippen LogP contribution in [0.5, 0.6) is 0 Å². The largest absolute Gasteiger partial charge is 0.350 e. The standard InChI is InChI=1S/C25H29N3O2/c1-5-6-15-26(2)25(30)22-18-12-7-8-13-19(18)24(29)28(4)23(22)20-16-27(3)21-14-10-9-11-17(20)21/h7-14,16,22-23H,5-6,15H2,1-4H3/t22-,23-/m0/s1. The number of benzene rings is 2. The first-order valence-electron chi connectivity index (χ1n) is 10.6. The van der Waals surface area contributed by atoms with Crippen molar-refractivity contribution in [2.24, 2.45) is 7.05 Å². The second kappa shape index (κ2) is 7.98. The Balaban J connectivity index is 1.90. The van der Waals surface area contributed by atoms with Gasteiger partial charge in [0.1, 0.15) is 0 Å². The van der Waals surface area contributed by atoms with Gasteiger partial charge in [0.25, 0.3) is 5.91 Å². The summed E-state index contributed by atoms with van der Waals surface area (Å²) >= 11 is 0. The summed E-state index contributed by atoms with van der Waals surface area (Å²) in [7, 11) is 5.70. The Morgan fingerprint density at radius 1 is 1.03 bits per heavy atom. The number of carbonyl (C=O) groups is 2. The third kappa shape index (κ3) is 3.18. The van der Waals surface area contributed by atoms with Crippen molar-refractivity contribution in [1.82, 2.24) is 14.4 Å². The monoisotopic (exact) mass is 403 g/mol. The van der Waals surface area contributed by atoms with Crippen LogP contribution in [0, 0.1) is 0 Å². The lowest BCUT2D eigenvalue weighted by molar-refractivity contribution is -0.133. The van der Waals surface area contributed by atoms with Gasteiger partial charge in [-0.2, -0.15) is 0 Å². The van der Waals surface area contributed by atoms with Crippen LogP contribution in [-0.4, -0.2) is 46.8 Å². The minimum absolute atomic E-state index is 0.0382. The second-order valence-electron chi connectivity index (χ2n) is 8.25. The zero-order valence-electron chi connectivity index (χ0n) is 18.1. The van der Waals surface area contributed by atoms with E-state index in [4.69, 9.17) is 0 Å². The number of para-hydroxylation sites is 1. The summed E-state index contributed by atoms with van der Waals surface area (Å²) in [6.45, 7) is 2.84.